The van der Waals surface area contributed by atoms with Gasteiger partial charge in [0.05, 0.1) is 6.10 Å². The number of aliphatic hydroxyl groups is 1. The molecule has 2 saturated heterocycles. The van der Waals surface area contributed by atoms with Crippen LogP contribution in [0.1, 0.15) is 0 Å². The molecule has 0 aromatic rings. The average Bonchev–Trinajstić information content (AvgIpc) is 2.55. The molecule has 0 saturated carbocycles. The molecule has 0 spiro atoms. The van der Waals surface area contributed by atoms with E-state index in [-0.39, 0.29) is 5.75 Å². The molecule has 2 fully saturated rings. The Morgan fingerprint density at radius 3 is 2.60 bits per heavy atom. The molecule has 0 bridgehead atoms. The van der Waals surface area contributed by atoms with Gasteiger partial charge in [-0.2, -0.15) is 0 Å². The number of nitrogens with one attached hydrogen (secondary N) is 1. The van der Waals surface area contributed by atoms with Crippen molar-refractivity contribution in [1.82, 2.24) is 10.2 Å². The third kappa shape index (κ3) is 3.83. The number of carbonyl (C=O) groups is 4. The van der Waals surface area contributed by atoms with E-state index < -0.39 is 56.6 Å². The lowest BCUT2D eigenvalue weighted by molar-refractivity contribution is -0.167. The van der Waals surface area contributed by atoms with Crippen molar-refractivity contribution in [3.8, 4) is 0 Å². The molecule has 3 unspecified atom stereocenters. The maximum Gasteiger partial charge on any atom is 0.329 e. The quantitative estimate of drug-likeness (QED) is 0.136. The normalized spacial score (nSPS) is 28.9. The van der Waals surface area contributed by atoms with Gasteiger partial charge in [0.15, 0.2) is 6.04 Å². The van der Waals surface area contributed by atoms with Crippen molar-refractivity contribution in [2.45, 2.75) is 27.3 Å². The van der Waals surface area contributed by atoms with Gasteiger partial charge in [-0.1, -0.05) is 37.0 Å². The predicted molar refractivity (Wildman–Crippen MR) is 93.5 cm³/mol. The summed E-state index contributed by atoms with van der Waals surface area (Å²) >= 11 is 7.04. The molecule has 0 aliphatic carbocycles. The van der Waals surface area contributed by atoms with Crippen molar-refractivity contribution in [1.29, 1.82) is 0 Å². The van der Waals surface area contributed by atoms with E-state index in [1.165, 1.54) is 0 Å². The highest BCUT2D eigenvalue weighted by Gasteiger charge is 2.58. The number of amides is 2. The number of Topliss-reactive ketones (excluding diaryl/α,β-unsaturated/α-hetero) is 1. The Morgan fingerprint density at radius 2 is 2.08 bits per heavy atom. The highest BCUT2D eigenvalue weighted by atomic mass is 79.9. The van der Waals surface area contributed by atoms with E-state index in [2.05, 4.69) is 47.2 Å². The zero-order valence-corrected chi connectivity index (χ0v) is 16.6. The van der Waals surface area contributed by atoms with Gasteiger partial charge in [-0.25, -0.2) is 4.79 Å². The third-order valence-corrected chi connectivity index (χ3v) is 5.76. The Bertz CT molecular complexity index is 644. The van der Waals surface area contributed by atoms with E-state index in [1.54, 1.807) is 0 Å². The Morgan fingerprint density at radius 1 is 1.44 bits per heavy atom. The summed E-state index contributed by atoms with van der Waals surface area (Å²) in [5.41, 5.74) is -0.553. The number of aliphatic carboxylic acids is 1. The number of carbonyl (C=O) groups excluding carboxylic acids is 3. The monoisotopic (exact) mass is 501 g/mol. The molecule has 10 nitrogen and oxygen atoms in total. The molecule has 3 N–H and O–H groups in total. The van der Waals surface area contributed by atoms with Crippen LogP contribution in [-0.4, -0.2) is 84.6 Å². The number of β-lactam (4-membered cyclic amide) rings is 1. The molecule has 2 aliphatic heterocycles. The first-order valence-electron chi connectivity index (χ1n) is 6.79. The highest BCUT2D eigenvalue weighted by molar-refractivity contribution is 9.25. The van der Waals surface area contributed by atoms with E-state index >= 15 is 0 Å². The maximum absolute atomic E-state index is 12.3. The number of fused-ring (bicyclic) bond motifs is 1. The largest absolute Gasteiger partial charge is 0.480 e. The van der Waals surface area contributed by atoms with Crippen molar-refractivity contribution in [2.24, 2.45) is 5.16 Å². The summed E-state index contributed by atoms with van der Waals surface area (Å²) < 4.78 is -0.871. The highest BCUT2D eigenvalue weighted by Crippen LogP contribution is 2.38. The molecule has 2 heterocycles. The van der Waals surface area contributed by atoms with Crippen LogP contribution in [0, 0.1) is 0 Å². The number of oxime groups is 1. The SMILES string of the molecule is CON=C(C(=O)NC1C(=O)N2C(C(=O)O)C(O)CS[C@H]12)C(=O)C(Br)Br. The van der Waals surface area contributed by atoms with Crippen molar-refractivity contribution in [3.05, 3.63) is 0 Å². The fourth-order valence-electron chi connectivity index (χ4n) is 2.45. The van der Waals surface area contributed by atoms with E-state index in [0.29, 0.717) is 0 Å². The van der Waals surface area contributed by atoms with Crippen LogP contribution in [0.4, 0.5) is 0 Å². The van der Waals surface area contributed by atoms with Gasteiger partial charge in [-0.05, 0) is 0 Å². The number of ketones is 1. The number of carboxylic acids is 1. The van der Waals surface area contributed by atoms with E-state index in [4.69, 9.17) is 5.11 Å². The van der Waals surface area contributed by atoms with Gasteiger partial charge in [0.25, 0.3) is 5.91 Å². The lowest BCUT2D eigenvalue weighted by atomic mass is 9.99. The van der Waals surface area contributed by atoms with Crippen LogP contribution in [0.15, 0.2) is 5.16 Å². The molecular formula is C12H13Br2N3O7S. The minimum Gasteiger partial charge on any atom is -0.480 e. The lowest BCUT2D eigenvalue weighted by Gasteiger charge is -2.53. The van der Waals surface area contributed by atoms with Crippen LogP contribution in [0.25, 0.3) is 0 Å². The molecule has 0 aromatic carbocycles. The van der Waals surface area contributed by atoms with Gasteiger partial charge >= 0.3 is 5.97 Å². The molecule has 0 radical (unpaired) electrons. The molecular weight excluding hydrogens is 490 g/mol. The van der Waals surface area contributed by atoms with Gasteiger partial charge in [-0.15, -0.1) is 11.8 Å². The van der Waals surface area contributed by atoms with Crippen molar-refractivity contribution >= 4 is 72.9 Å². The summed E-state index contributed by atoms with van der Waals surface area (Å²) in [6.07, 6.45) is -1.20. The molecule has 13 heteroatoms. The second-order valence-electron chi connectivity index (χ2n) is 5.06. The predicted octanol–water partition coefficient (Wildman–Crippen LogP) is -1.11. The van der Waals surface area contributed by atoms with Gasteiger partial charge < -0.3 is 25.3 Å². The number of alkyl halides is 2. The number of hydrogen-bond acceptors (Lipinski definition) is 8. The van der Waals surface area contributed by atoms with E-state index in [1.807, 2.05) is 0 Å². The summed E-state index contributed by atoms with van der Waals surface area (Å²) in [7, 11) is 1.16. The molecule has 2 rings (SSSR count). The molecule has 25 heavy (non-hydrogen) atoms. The number of carboxylic acid groups (broad SMARTS) is 1. The second-order valence-corrected chi connectivity index (χ2v) is 9.27. The summed E-state index contributed by atoms with van der Waals surface area (Å²) in [6, 6.07) is -2.39. The zero-order chi connectivity index (χ0) is 18.9. The number of thioether (sulfide) groups is 1. The topological polar surface area (TPSA) is 146 Å². The fraction of sp³-hybridized carbons (Fsp3) is 0.583. The van der Waals surface area contributed by atoms with Crippen molar-refractivity contribution in [3.63, 3.8) is 0 Å². The van der Waals surface area contributed by atoms with Crippen LogP contribution in [0.5, 0.6) is 0 Å². The molecule has 2 aliphatic rings. The first-order chi connectivity index (χ1) is 11.7. The number of nitrogens with zero attached hydrogens (tertiary/aromatic N) is 2. The molecule has 2 amide bonds. The summed E-state index contributed by atoms with van der Waals surface area (Å²) in [4.78, 5) is 53.1. The van der Waals surface area contributed by atoms with Gasteiger partial charge in [0.2, 0.25) is 17.4 Å². The van der Waals surface area contributed by atoms with Crippen molar-refractivity contribution in [2.75, 3.05) is 12.9 Å². The Balaban J connectivity index is 2.13. The van der Waals surface area contributed by atoms with Gasteiger partial charge in [0.1, 0.15) is 22.3 Å². The lowest BCUT2D eigenvalue weighted by Crippen LogP contribution is -2.77. The van der Waals surface area contributed by atoms with Crippen LogP contribution in [0.3, 0.4) is 0 Å². The Hall–Kier alpha value is -1.18. The smallest absolute Gasteiger partial charge is 0.329 e. The fourth-order valence-corrected chi connectivity index (χ4v) is 4.23. The molecule has 0 aromatic heterocycles. The first kappa shape index (κ1) is 20.1. The number of hydrogen-bond donors (Lipinski definition) is 3. The maximum atomic E-state index is 12.3. The summed E-state index contributed by atoms with van der Waals surface area (Å²) in [5.74, 6) is -3.52. The minimum atomic E-state index is -1.37. The van der Waals surface area contributed by atoms with Crippen molar-refractivity contribution < 1.29 is 34.2 Å². The van der Waals surface area contributed by atoms with Gasteiger partial charge in [-0.3, -0.25) is 14.4 Å². The Kier molecular flexibility index (Phi) is 6.45. The third-order valence-electron chi connectivity index (χ3n) is 3.55. The second kappa shape index (κ2) is 8.01. The number of aliphatic hydroxyl groups excluding tert-OH is 1. The molecule has 4 atom stereocenters. The van der Waals surface area contributed by atoms with Crippen LogP contribution >= 0.6 is 43.6 Å². The average molecular weight is 503 g/mol. The first-order valence-corrected chi connectivity index (χ1v) is 9.67. The number of halogens is 2. The summed E-state index contributed by atoms with van der Waals surface area (Å²) in [6.45, 7) is 0. The minimum absolute atomic E-state index is 0.0978. The zero-order valence-electron chi connectivity index (χ0n) is 12.6. The number of rotatable bonds is 6. The van der Waals surface area contributed by atoms with E-state index in [0.717, 1.165) is 23.8 Å². The van der Waals surface area contributed by atoms with E-state index in [9.17, 15) is 24.3 Å². The summed E-state index contributed by atoms with van der Waals surface area (Å²) in [5, 5.41) is 24.0. The van der Waals surface area contributed by atoms with Crippen LogP contribution in [0.2, 0.25) is 0 Å². The Labute approximate surface area is 162 Å². The standard InChI is InChI=1S/C12H13Br2N3O7S/c1-24-16-4(7(19)8(13)14)9(20)15-5-10(21)17-6(12(22)23)3(18)2-25-11(5)17/h3,5-6,8,11,18H,2H2,1H3,(H,15,20)(H,22,23)/t3?,5?,6?,11-/m1/s1. The van der Waals surface area contributed by atoms with Gasteiger partial charge in [0, 0.05) is 5.75 Å². The van der Waals surface area contributed by atoms with Crippen LogP contribution in [-0.2, 0) is 24.0 Å². The van der Waals surface area contributed by atoms with Crippen LogP contribution < -0.4 is 5.32 Å². The molecule has 138 valence electrons.